The van der Waals surface area contributed by atoms with Crippen molar-refractivity contribution in [2.45, 2.75) is 26.4 Å². The lowest BCUT2D eigenvalue weighted by Crippen LogP contribution is -2.34. The Labute approximate surface area is 114 Å². The van der Waals surface area contributed by atoms with Gasteiger partial charge in [0.05, 0.1) is 26.4 Å². The summed E-state index contributed by atoms with van der Waals surface area (Å²) >= 11 is 0. The third kappa shape index (κ3) is 14.6. The number of amides is 2. The molecule has 0 aromatic heterocycles. The van der Waals surface area contributed by atoms with Gasteiger partial charge in [-0.2, -0.15) is 0 Å². The van der Waals surface area contributed by atoms with Crippen LogP contribution in [0.1, 0.15) is 20.8 Å². The summed E-state index contributed by atoms with van der Waals surface area (Å²) in [4.78, 5) is 21.2. The molecule has 0 radical (unpaired) electrons. The van der Waals surface area contributed by atoms with E-state index in [-0.39, 0.29) is 0 Å². The van der Waals surface area contributed by atoms with E-state index in [1.165, 1.54) is 0 Å². The Morgan fingerprint density at radius 1 is 1.05 bits per heavy atom. The lowest BCUT2D eigenvalue weighted by molar-refractivity contribution is -0.109. The van der Waals surface area contributed by atoms with Crippen molar-refractivity contribution in [2.24, 2.45) is 0 Å². The molecule has 0 rings (SSSR count). The van der Waals surface area contributed by atoms with Gasteiger partial charge in [-0.05, 0) is 20.8 Å². The van der Waals surface area contributed by atoms with Crippen molar-refractivity contribution in [1.29, 1.82) is 0 Å². The molecular formula is C12H24N2O5. The van der Waals surface area contributed by atoms with Crippen molar-refractivity contribution in [3.63, 3.8) is 0 Å². The topological polar surface area (TPSA) is 85.9 Å². The number of hydrogen-bond acceptors (Lipinski definition) is 5. The zero-order chi connectivity index (χ0) is 14.6. The van der Waals surface area contributed by atoms with Crippen molar-refractivity contribution in [2.75, 3.05) is 39.5 Å². The van der Waals surface area contributed by atoms with Gasteiger partial charge >= 0.3 is 6.09 Å². The molecule has 0 aromatic carbocycles. The molecule has 0 aliphatic heterocycles. The third-order valence-electron chi connectivity index (χ3n) is 1.76. The van der Waals surface area contributed by atoms with Gasteiger partial charge in [-0.1, -0.05) is 0 Å². The standard InChI is InChI=1S/C12H24N2O5/c1-12(2,3)19-11(16)14-5-7-18-9-8-17-6-4-13-10-15/h10H,4-9H2,1-3H3,(H,13,15)(H,14,16). The fourth-order valence-electron chi connectivity index (χ4n) is 1.05. The summed E-state index contributed by atoms with van der Waals surface area (Å²) in [6.07, 6.45) is 0.176. The summed E-state index contributed by atoms with van der Waals surface area (Å²) < 4.78 is 15.5. The van der Waals surface area contributed by atoms with Crippen LogP contribution in [0.4, 0.5) is 4.79 Å². The van der Waals surface area contributed by atoms with Crippen LogP contribution < -0.4 is 10.6 Å². The van der Waals surface area contributed by atoms with Crippen molar-refractivity contribution in [1.82, 2.24) is 10.6 Å². The number of ether oxygens (including phenoxy) is 3. The Morgan fingerprint density at radius 2 is 1.63 bits per heavy atom. The molecule has 0 unspecified atom stereocenters. The van der Waals surface area contributed by atoms with Gasteiger partial charge in [0, 0.05) is 13.1 Å². The quantitative estimate of drug-likeness (QED) is 0.442. The summed E-state index contributed by atoms with van der Waals surface area (Å²) in [6, 6.07) is 0. The normalized spacial score (nSPS) is 10.9. The highest BCUT2D eigenvalue weighted by atomic mass is 16.6. The van der Waals surface area contributed by atoms with Gasteiger partial charge in [0.1, 0.15) is 5.60 Å². The molecule has 0 aliphatic carbocycles. The minimum absolute atomic E-state index is 0.390. The van der Waals surface area contributed by atoms with Crippen molar-refractivity contribution in [3.05, 3.63) is 0 Å². The number of alkyl carbamates (subject to hydrolysis) is 1. The first-order valence-electron chi connectivity index (χ1n) is 6.25. The van der Waals surface area contributed by atoms with E-state index in [4.69, 9.17) is 14.2 Å². The molecule has 2 N–H and O–H groups in total. The van der Waals surface area contributed by atoms with Gasteiger partial charge in [-0.25, -0.2) is 4.79 Å². The number of hydrogen-bond donors (Lipinski definition) is 2. The zero-order valence-corrected chi connectivity index (χ0v) is 11.9. The highest BCUT2D eigenvalue weighted by Crippen LogP contribution is 2.05. The molecule has 0 saturated heterocycles. The highest BCUT2D eigenvalue weighted by Gasteiger charge is 2.15. The minimum Gasteiger partial charge on any atom is -0.444 e. The van der Waals surface area contributed by atoms with Crippen LogP contribution in [-0.4, -0.2) is 57.6 Å². The van der Waals surface area contributed by atoms with Crippen LogP contribution in [-0.2, 0) is 19.0 Å². The van der Waals surface area contributed by atoms with Crippen molar-refractivity contribution in [3.8, 4) is 0 Å². The second-order valence-electron chi connectivity index (χ2n) is 4.73. The summed E-state index contributed by atoms with van der Waals surface area (Å²) in [7, 11) is 0. The summed E-state index contributed by atoms with van der Waals surface area (Å²) in [5.74, 6) is 0. The maximum Gasteiger partial charge on any atom is 0.407 e. The number of carbonyl (C=O) groups is 2. The zero-order valence-electron chi connectivity index (χ0n) is 11.9. The van der Waals surface area contributed by atoms with E-state index in [1.54, 1.807) is 20.8 Å². The Balaban J connectivity index is 3.23. The van der Waals surface area contributed by atoms with E-state index in [0.29, 0.717) is 45.9 Å². The molecule has 0 fully saturated rings. The lowest BCUT2D eigenvalue weighted by atomic mass is 10.2. The number of nitrogens with one attached hydrogen (secondary N) is 2. The minimum atomic E-state index is -0.492. The summed E-state index contributed by atoms with van der Waals surface area (Å²) in [5.41, 5.74) is -0.492. The molecule has 0 bridgehead atoms. The molecule has 0 atom stereocenters. The molecule has 0 heterocycles. The molecule has 7 nitrogen and oxygen atoms in total. The molecule has 7 heteroatoms. The van der Waals surface area contributed by atoms with Gasteiger partial charge < -0.3 is 24.8 Å². The first-order valence-corrected chi connectivity index (χ1v) is 6.25. The van der Waals surface area contributed by atoms with Gasteiger partial charge in [0.15, 0.2) is 0 Å². The summed E-state index contributed by atoms with van der Waals surface area (Å²) in [6.45, 7) is 8.04. The molecular weight excluding hydrogens is 252 g/mol. The third-order valence-corrected chi connectivity index (χ3v) is 1.76. The van der Waals surface area contributed by atoms with E-state index in [1.807, 2.05) is 0 Å². The smallest absolute Gasteiger partial charge is 0.407 e. The van der Waals surface area contributed by atoms with Crippen LogP contribution in [0.2, 0.25) is 0 Å². The van der Waals surface area contributed by atoms with Gasteiger partial charge in [0.25, 0.3) is 0 Å². The average molecular weight is 276 g/mol. The van der Waals surface area contributed by atoms with Crippen LogP contribution in [0.25, 0.3) is 0 Å². The van der Waals surface area contributed by atoms with Crippen LogP contribution >= 0.6 is 0 Å². The summed E-state index contributed by atoms with van der Waals surface area (Å²) in [5, 5.41) is 5.06. The van der Waals surface area contributed by atoms with Gasteiger partial charge in [0.2, 0.25) is 6.41 Å². The molecule has 0 saturated carbocycles. The first-order chi connectivity index (χ1) is 8.95. The Kier molecular flexibility index (Phi) is 9.82. The van der Waals surface area contributed by atoms with Gasteiger partial charge in [-0.15, -0.1) is 0 Å². The Hall–Kier alpha value is -1.34. The SMILES string of the molecule is CC(C)(C)OC(=O)NCCOCCOCCNC=O. The largest absolute Gasteiger partial charge is 0.444 e. The van der Waals surface area contributed by atoms with Crippen LogP contribution in [0.3, 0.4) is 0 Å². The number of carbonyl (C=O) groups excluding carboxylic acids is 2. The Morgan fingerprint density at radius 3 is 2.16 bits per heavy atom. The lowest BCUT2D eigenvalue weighted by Gasteiger charge is -2.19. The second kappa shape index (κ2) is 10.6. The predicted octanol–water partition coefficient (Wildman–Crippen LogP) is 0.290. The molecule has 19 heavy (non-hydrogen) atoms. The first kappa shape index (κ1) is 17.7. The maximum atomic E-state index is 11.2. The van der Waals surface area contributed by atoms with Crippen LogP contribution in [0.15, 0.2) is 0 Å². The van der Waals surface area contributed by atoms with Crippen LogP contribution in [0.5, 0.6) is 0 Å². The monoisotopic (exact) mass is 276 g/mol. The van der Waals surface area contributed by atoms with Gasteiger partial charge in [-0.3, -0.25) is 4.79 Å². The molecule has 0 aliphatic rings. The predicted molar refractivity (Wildman–Crippen MR) is 69.9 cm³/mol. The van der Waals surface area contributed by atoms with E-state index in [9.17, 15) is 9.59 Å². The van der Waals surface area contributed by atoms with E-state index >= 15 is 0 Å². The highest BCUT2D eigenvalue weighted by molar-refractivity contribution is 5.67. The van der Waals surface area contributed by atoms with Crippen molar-refractivity contribution >= 4 is 12.5 Å². The molecule has 2 amide bonds. The van der Waals surface area contributed by atoms with E-state index in [0.717, 1.165) is 0 Å². The van der Waals surface area contributed by atoms with Crippen LogP contribution in [0, 0.1) is 0 Å². The molecule has 0 spiro atoms. The maximum absolute atomic E-state index is 11.2. The second-order valence-corrected chi connectivity index (χ2v) is 4.73. The van der Waals surface area contributed by atoms with Crippen molar-refractivity contribution < 1.29 is 23.8 Å². The van der Waals surface area contributed by atoms with E-state index < -0.39 is 11.7 Å². The number of rotatable bonds is 10. The Bertz CT molecular complexity index is 253. The average Bonchev–Trinajstić information content (AvgIpc) is 2.29. The van der Waals surface area contributed by atoms with E-state index in [2.05, 4.69) is 10.6 Å². The molecule has 112 valence electrons. The fraction of sp³-hybridized carbons (Fsp3) is 0.833. The fourth-order valence-corrected chi connectivity index (χ4v) is 1.05. The molecule has 0 aromatic rings.